The lowest BCUT2D eigenvalue weighted by Gasteiger charge is -2.50. The molecule has 0 aromatic carbocycles. The van der Waals surface area contributed by atoms with Gasteiger partial charge in [-0.15, -0.1) is 0 Å². The van der Waals surface area contributed by atoms with Gasteiger partial charge in [-0.1, -0.05) is 39.3 Å². The Balaban J connectivity index is 1.86. The largest absolute Gasteiger partial charge is 0.511 e. The lowest BCUT2D eigenvalue weighted by molar-refractivity contribution is -0.126. The monoisotopic (exact) mass is 429 g/mol. The standard InChI is InChI=1S/C26H39NO4/c1-12(2)22-24(29)20(25(30)27(22)8)23(28)19-18-14(4)9-13(3)10-17(18)11-15(5)21(19)26(7)16(6)31-26/h11-14,16-19,21-22,28H,9-10H2,1-8H3/b23-20+. The molecule has 0 aromatic heterocycles. The fourth-order valence-corrected chi connectivity index (χ4v) is 7.38. The zero-order chi connectivity index (χ0) is 23.0. The predicted octanol–water partition coefficient (Wildman–Crippen LogP) is 4.53. The van der Waals surface area contributed by atoms with Crippen LogP contribution in [-0.2, 0) is 14.3 Å². The van der Waals surface area contributed by atoms with Crippen LogP contribution in [0.15, 0.2) is 23.0 Å². The van der Waals surface area contributed by atoms with Gasteiger partial charge in [0.15, 0.2) is 5.78 Å². The average molecular weight is 430 g/mol. The van der Waals surface area contributed by atoms with Crippen LogP contribution >= 0.6 is 0 Å². The number of likely N-dealkylation sites (tertiary alicyclic amines) is 1. The third-order valence-corrected chi connectivity index (χ3v) is 8.81. The Bertz CT molecular complexity index is 857. The summed E-state index contributed by atoms with van der Waals surface area (Å²) in [7, 11) is 1.68. The number of aliphatic hydroxyl groups is 1. The van der Waals surface area contributed by atoms with Gasteiger partial charge in [-0.3, -0.25) is 9.59 Å². The topological polar surface area (TPSA) is 70.1 Å². The molecule has 0 spiro atoms. The number of aliphatic hydroxyl groups excluding tert-OH is 1. The van der Waals surface area contributed by atoms with Gasteiger partial charge in [0.05, 0.1) is 17.7 Å². The van der Waals surface area contributed by atoms with Crippen molar-refractivity contribution in [3.05, 3.63) is 23.0 Å². The minimum atomic E-state index is -0.505. The number of allylic oxidation sites excluding steroid dienone is 2. The van der Waals surface area contributed by atoms with Gasteiger partial charge in [-0.2, -0.15) is 0 Å². The Labute approximate surface area is 186 Å². The van der Waals surface area contributed by atoms with E-state index < -0.39 is 6.04 Å². The number of nitrogens with zero attached hydrogens (tertiary/aromatic N) is 1. The summed E-state index contributed by atoms with van der Waals surface area (Å²) < 4.78 is 6.07. The summed E-state index contributed by atoms with van der Waals surface area (Å²) in [4.78, 5) is 28.0. The summed E-state index contributed by atoms with van der Waals surface area (Å²) >= 11 is 0. The van der Waals surface area contributed by atoms with Gasteiger partial charge in [0.1, 0.15) is 11.3 Å². The van der Waals surface area contributed by atoms with Crippen LogP contribution in [0.1, 0.15) is 61.3 Å². The molecule has 2 aliphatic heterocycles. The van der Waals surface area contributed by atoms with Crippen molar-refractivity contribution in [1.29, 1.82) is 0 Å². The number of carbonyl (C=O) groups excluding carboxylic acids is 2. The summed E-state index contributed by atoms with van der Waals surface area (Å²) in [6.45, 7) is 14.8. The summed E-state index contributed by atoms with van der Waals surface area (Å²) in [6, 6.07) is -0.505. The molecule has 5 heteroatoms. The smallest absolute Gasteiger partial charge is 0.261 e. The van der Waals surface area contributed by atoms with E-state index in [1.54, 1.807) is 7.05 Å². The van der Waals surface area contributed by atoms with Crippen molar-refractivity contribution in [3.63, 3.8) is 0 Å². The normalized spacial score (nSPS) is 46.9. The minimum Gasteiger partial charge on any atom is -0.511 e. The molecule has 0 aromatic rings. The third-order valence-electron chi connectivity index (χ3n) is 8.81. The van der Waals surface area contributed by atoms with Crippen molar-refractivity contribution >= 4 is 11.7 Å². The second kappa shape index (κ2) is 7.47. The van der Waals surface area contributed by atoms with Gasteiger partial charge < -0.3 is 14.7 Å². The molecule has 9 unspecified atom stereocenters. The molecular weight excluding hydrogens is 390 g/mol. The van der Waals surface area contributed by atoms with Gasteiger partial charge in [0.25, 0.3) is 5.91 Å². The summed E-state index contributed by atoms with van der Waals surface area (Å²) in [5, 5.41) is 11.7. The maximum atomic E-state index is 13.3. The van der Waals surface area contributed by atoms with Crippen molar-refractivity contribution in [2.75, 3.05) is 7.05 Å². The highest BCUT2D eigenvalue weighted by Gasteiger charge is 2.62. The van der Waals surface area contributed by atoms with E-state index in [0.29, 0.717) is 17.8 Å². The molecule has 1 saturated carbocycles. The molecule has 2 saturated heterocycles. The van der Waals surface area contributed by atoms with E-state index in [9.17, 15) is 14.7 Å². The molecule has 5 nitrogen and oxygen atoms in total. The highest BCUT2D eigenvalue weighted by molar-refractivity contribution is 6.26. The van der Waals surface area contributed by atoms with E-state index in [4.69, 9.17) is 4.74 Å². The number of hydrogen-bond acceptors (Lipinski definition) is 4. The molecule has 2 aliphatic carbocycles. The number of rotatable bonds is 3. The Hall–Kier alpha value is -1.62. The van der Waals surface area contributed by atoms with Gasteiger partial charge >= 0.3 is 0 Å². The number of hydrogen-bond donors (Lipinski definition) is 1. The van der Waals surface area contributed by atoms with E-state index in [1.807, 2.05) is 13.8 Å². The lowest BCUT2D eigenvalue weighted by atomic mass is 9.54. The number of fused-ring (bicyclic) bond motifs is 1. The van der Waals surface area contributed by atoms with Crippen LogP contribution in [-0.4, -0.2) is 46.5 Å². The molecule has 0 radical (unpaired) electrons. The van der Waals surface area contributed by atoms with E-state index in [1.165, 1.54) is 10.5 Å². The number of Topliss-reactive ketones (excluding diaryl/α,β-unsaturated/α-hetero) is 1. The van der Waals surface area contributed by atoms with Crippen LogP contribution in [0.25, 0.3) is 0 Å². The molecule has 0 bridgehead atoms. The summed E-state index contributed by atoms with van der Waals surface area (Å²) in [5.74, 6) is 0.738. The highest BCUT2D eigenvalue weighted by atomic mass is 16.6. The van der Waals surface area contributed by atoms with E-state index in [-0.39, 0.29) is 58.4 Å². The molecule has 4 rings (SSSR count). The number of ketones is 1. The summed E-state index contributed by atoms with van der Waals surface area (Å²) in [5.41, 5.74) is 0.868. The maximum absolute atomic E-state index is 13.3. The fraction of sp³-hybridized carbons (Fsp3) is 0.769. The Morgan fingerprint density at radius 1 is 1.23 bits per heavy atom. The number of likely N-dealkylation sites (N-methyl/N-ethyl adjacent to an activating group) is 1. The Kier molecular flexibility index (Phi) is 5.44. The Morgan fingerprint density at radius 3 is 2.35 bits per heavy atom. The quantitative estimate of drug-likeness (QED) is 0.235. The first-order chi connectivity index (χ1) is 14.4. The molecule has 3 fully saturated rings. The zero-order valence-electron chi connectivity index (χ0n) is 20.3. The van der Waals surface area contributed by atoms with Crippen molar-refractivity contribution in [2.45, 2.75) is 79.1 Å². The number of ether oxygens (including phenoxy) is 1. The van der Waals surface area contributed by atoms with Crippen molar-refractivity contribution in [1.82, 2.24) is 4.90 Å². The first kappa shape index (κ1) is 22.6. The third kappa shape index (κ3) is 3.30. The zero-order valence-corrected chi connectivity index (χ0v) is 20.3. The maximum Gasteiger partial charge on any atom is 0.261 e. The van der Waals surface area contributed by atoms with Gasteiger partial charge in [0.2, 0.25) is 0 Å². The first-order valence-electron chi connectivity index (χ1n) is 12.0. The van der Waals surface area contributed by atoms with Gasteiger partial charge in [-0.05, 0) is 63.2 Å². The molecule has 4 aliphatic rings. The fourth-order valence-electron chi connectivity index (χ4n) is 7.38. The van der Waals surface area contributed by atoms with E-state index in [2.05, 4.69) is 40.7 Å². The first-order valence-corrected chi connectivity index (χ1v) is 12.0. The number of carbonyl (C=O) groups is 2. The summed E-state index contributed by atoms with van der Waals surface area (Å²) in [6.07, 6.45) is 4.68. The predicted molar refractivity (Wildman–Crippen MR) is 120 cm³/mol. The second-order valence-corrected chi connectivity index (χ2v) is 11.4. The number of epoxide rings is 1. The van der Waals surface area contributed by atoms with Crippen molar-refractivity contribution < 1.29 is 19.4 Å². The SMILES string of the molecule is CC1=CC2CC(C)CC(C)C2C(/C(O)=C2/C(=O)C(C(C)C)N(C)C2=O)C1C1(C)OC1C. The van der Waals surface area contributed by atoms with E-state index in [0.717, 1.165) is 12.8 Å². The van der Waals surface area contributed by atoms with Crippen LogP contribution in [0.2, 0.25) is 0 Å². The number of amides is 1. The minimum absolute atomic E-state index is 0.00189. The molecule has 31 heavy (non-hydrogen) atoms. The van der Waals surface area contributed by atoms with Crippen LogP contribution in [0, 0.1) is 41.4 Å². The molecule has 172 valence electrons. The molecular formula is C26H39NO4. The van der Waals surface area contributed by atoms with Crippen LogP contribution in [0.4, 0.5) is 0 Å². The van der Waals surface area contributed by atoms with Crippen LogP contribution < -0.4 is 0 Å². The van der Waals surface area contributed by atoms with Gasteiger partial charge in [0, 0.05) is 18.9 Å². The van der Waals surface area contributed by atoms with Crippen LogP contribution in [0.5, 0.6) is 0 Å². The second-order valence-electron chi connectivity index (χ2n) is 11.4. The Morgan fingerprint density at radius 2 is 1.84 bits per heavy atom. The molecule has 1 N–H and O–H groups in total. The molecule has 9 atom stereocenters. The van der Waals surface area contributed by atoms with Crippen molar-refractivity contribution in [2.24, 2.45) is 41.4 Å². The molecule has 2 heterocycles. The van der Waals surface area contributed by atoms with Gasteiger partial charge in [-0.25, -0.2) is 0 Å². The lowest BCUT2D eigenvalue weighted by Crippen LogP contribution is -2.47. The van der Waals surface area contributed by atoms with Crippen LogP contribution in [0.3, 0.4) is 0 Å². The van der Waals surface area contributed by atoms with E-state index >= 15 is 0 Å². The average Bonchev–Trinajstić information content (AvgIpc) is 3.18. The molecule has 1 amide bonds. The highest BCUT2D eigenvalue weighted by Crippen LogP contribution is 2.59. The van der Waals surface area contributed by atoms with Crippen molar-refractivity contribution in [3.8, 4) is 0 Å².